The van der Waals surface area contributed by atoms with Crippen LogP contribution < -0.4 is 5.32 Å². The Hall–Kier alpha value is -1.47. The predicted octanol–water partition coefficient (Wildman–Crippen LogP) is 5.46. The first-order chi connectivity index (χ1) is 9.08. The maximum atomic E-state index is 6.01. The van der Waals surface area contributed by atoms with Crippen LogP contribution in [0.1, 0.15) is 31.0 Å². The van der Waals surface area contributed by atoms with Crippen molar-refractivity contribution >= 4 is 17.3 Å². The zero-order valence-corrected chi connectivity index (χ0v) is 12.4. The molecule has 0 heterocycles. The Bertz CT molecular complexity index is 534. The summed E-state index contributed by atoms with van der Waals surface area (Å²) < 4.78 is 0. The van der Waals surface area contributed by atoms with Gasteiger partial charge in [0.25, 0.3) is 0 Å². The summed E-state index contributed by atoms with van der Waals surface area (Å²) in [5, 5.41) is 4.41. The van der Waals surface area contributed by atoms with Crippen LogP contribution in [0.25, 0.3) is 0 Å². The molecule has 2 aromatic carbocycles. The molecule has 0 fully saturated rings. The Morgan fingerprint density at radius 1 is 1.00 bits per heavy atom. The second-order valence-electron chi connectivity index (χ2n) is 5.24. The summed E-state index contributed by atoms with van der Waals surface area (Å²) in [5.41, 5.74) is 3.63. The van der Waals surface area contributed by atoms with E-state index in [9.17, 15) is 0 Å². The van der Waals surface area contributed by atoms with Crippen LogP contribution in [0.2, 0.25) is 5.02 Å². The molecule has 0 aliphatic rings. The van der Waals surface area contributed by atoms with Crippen LogP contribution in [-0.4, -0.2) is 0 Å². The zero-order chi connectivity index (χ0) is 13.8. The van der Waals surface area contributed by atoms with Gasteiger partial charge in [0.15, 0.2) is 0 Å². The Labute approximate surface area is 120 Å². The SMILES string of the molecule is Cc1cc(Cl)ccc1NC(c1ccccc1)C(C)C. The van der Waals surface area contributed by atoms with Crippen molar-refractivity contribution in [1.29, 1.82) is 0 Å². The highest BCUT2D eigenvalue weighted by atomic mass is 35.5. The van der Waals surface area contributed by atoms with Crippen molar-refractivity contribution < 1.29 is 0 Å². The quantitative estimate of drug-likeness (QED) is 0.780. The fraction of sp³-hybridized carbons (Fsp3) is 0.294. The third-order valence-corrected chi connectivity index (χ3v) is 3.56. The van der Waals surface area contributed by atoms with Crippen molar-refractivity contribution in [2.24, 2.45) is 5.92 Å². The summed E-state index contributed by atoms with van der Waals surface area (Å²) in [6.07, 6.45) is 0. The lowest BCUT2D eigenvalue weighted by Gasteiger charge is -2.25. The molecule has 0 radical (unpaired) electrons. The fourth-order valence-electron chi connectivity index (χ4n) is 2.25. The molecule has 2 rings (SSSR count). The molecule has 1 N–H and O–H groups in total. The van der Waals surface area contributed by atoms with Gasteiger partial charge in [0.2, 0.25) is 0 Å². The van der Waals surface area contributed by atoms with Gasteiger partial charge in [0.05, 0.1) is 6.04 Å². The van der Waals surface area contributed by atoms with Crippen LogP contribution in [0.4, 0.5) is 5.69 Å². The van der Waals surface area contributed by atoms with Gasteiger partial charge in [-0.05, 0) is 42.2 Å². The van der Waals surface area contributed by atoms with E-state index in [4.69, 9.17) is 11.6 Å². The fourth-order valence-corrected chi connectivity index (χ4v) is 2.48. The third-order valence-electron chi connectivity index (χ3n) is 3.32. The number of rotatable bonds is 4. The summed E-state index contributed by atoms with van der Waals surface area (Å²) in [6, 6.07) is 16.8. The molecule has 1 atom stereocenters. The number of hydrogen-bond acceptors (Lipinski definition) is 1. The van der Waals surface area contributed by atoms with E-state index in [1.165, 1.54) is 11.1 Å². The lowest BCUT2D eigenvalue weighted by Crippen LogP contribution is -2.17. The molecule has 0 aliphatic heterocycles. The second-order valence-corrected chi connectivity index (χ2v) is 5.67. The van der Waals surface area contributed by atoms with E-state index in [1.807, 2.05) is 12.1 Å². The predicted molar refractivity (Wildman–Crippen MR) is 83.8 cm³/mol. The van der Waals surface area contributed by atoms with E-state index >= 15 is 0 Å². The minimum absolute atomic E-state index is 0.307. The van der Waals surface area contributed by atoms with E-state index in [-0.39, 0.29) is 0 Å². The molecule has 0 saturated heterocycles. The van der Waals surface area contributed by atoms with Gasteiger partial charge in [-0.3, -0.25) is 0 Å². The molecule has 0 spiro atoms. The first-order valence-corrected chi connectivity index (χ1v) is 7.03. The van der Waals surface area contributed by atoms with Crippen LogP contribution in [-0.2, 0) is 0 Å². The molecular weight excluding hydrogens is 254 g/mol. The van der Waals surface area contributed by atoms with Gasteiger partial charge < -0.3 is 5.32 Å². The van der Waals surface area contributed by atoms with E-state index in [2.05, 4.69) is 62.5 Å². The molecule has 2 heteroatoms. The van der Waals surface area contributed by atoms with E-state index in [1.54, 1.807) is 0 Å². The highest BCUT2D eigenvalue weighted by Gasteiger charge is 2.16. The average Bonchev–Trinajstić information content (AvgIpc) is 2.38. The largest absolute Gasteiger partial charge is 0.378 e. The van der Waals surface area contributed by atoms with Gasteiger partial charge in [-0.25, -0.2) is 0 Å². The van der Waals surface area contributed by atoms with Crippen molar-refractivity contribution in [2.75, 3.05) is 5.32 Å². The normalized spacial score (nSPS) is 12.5. The van der Waals surface area contributed by atoms with E-state index in [0.717, 1.165) is 10.7 Å². The lowest BCUT2D eigenvalue weighted by atomic mass is 9.95. The van der Waals surface area contributed by atoms with Gasteiger partial charge in [-0.1, -0.05) is 55.8 Å². The molecule has 0 amide bonds. The first-order valence-electron chi connectivity index (χ1n) is 6.65. The molecular formula is C17H20ClN. The van der Waals surface area contributed by atoms with Crippen molar-refractivity contribution in [3.05, 3.63) is 64.7 Å². The minimum atomic E-state index is 0.307. The van der Waals surface area contributed by atoms with Crippen LogP contribution in [0.3, 0.4) is 0 Å². The van der Waals surface area contributed by atoms with Crippen LogP contribution in [0.15, 0.2) is 48.5 Å². The molecule has 1 unspecified atom stereocenters. The Balaban J connectivity index is 2.27. The van der Waals surface area contributed by atoms with Crippen molar-refractivity contribution in [1.82, 2.24) is 0 Å². The summed E-state index contributed by atoms with van der Waals surface area (Å²) >= 11 is 6.01. The van der Waals surface area contributed by atoms with Gasteiger partial charge in [-0.15, -0.1) is 0 Å². The molecule has 0 aliphatic carbocycles. The summed E-state index contributed by atoms with van der Waals surface area (Å²) in [7, 11) is 0. The standard InChI is InChI=1S/C17H20ClN/c1-12(2)17(14-7-5-4-6-8-14)19-16-10-9-15(18)11-13(16)3/h4-12,17,19H,1-3H3. The van der Waals surface area contributed by atoms with Crippen molar-refractivity contribution in [3.8, 4) is 0 Å². The van der Waals surface area contributed by atoms with E-state index < -0.39 is 0 Å². The Morgan fingerprint density at radius 3 is 2.26 bits per heavy atom. The summed E-state index contributed by atoms with van der Waals surface area (Å²) in [5.74, 6) is 0.512. The topological polar surface area (TPSA) is 12.0 Å². The van der Waals surface area contributed by atoms with Gasteiger partial charge in [0.1, 0.15) is 0 Å². The highest BCUT2D eigenvalue weighted by molar-refractivity contribution is 6.30. The molecule has 0 saturated carbocycles. The number of benzene rings is 2. The summed E-state index contributed by atoms with van der Waals surface area (Å²) in [6.45, 7) is 6.54. The molecule has 2 aromatic rings. The van der Waals surface area contributed by atoms with Crippen LogP contribution >= 0.6 is 11.6 Å². The molecule has 19 heavy (non-hydrogen) atoms. The number of anilines is 1. The lowest BCUT2D eigenvalue weighted by molar-refractivity contribution is 0.546. The van der Waals surface area contributed by atoms with Gasteiger partial charge >= 0.3 is 0 Å². The summed E-state index contributed by atoms with van der Waals surface area (Å²) in [4.78, 5) is 0. The maximum Gasteiger partial charge on any atom is 0.0536 e. The van der Waals surface area contributed by atoms with Crippen LogP contribution in [0.5, 0.6) is 0 Å². The van der Waals surface area contributed by atoms with Crippen LogP contribution in [0, 0.1) is 12.8 Å². The number of nitrogens with one attached hydrogen (secondary N) is 1. The number of hydrogen-bond donors (Lipinski definition) is 1. The molecule has 0 bridgehead atoms. The Morgan fingerprint density at radius 2 is 1.68 bits per heavy atom. The zero-order valence-electron chi connectivity index (χ0n) is 11.7. The van der Waals surface area contributed by atoms with Gasteiger partial charge in [-0.2, -0.15) is 0 Å². The molecule has 1 nitrogen and oxygen atoms in total. The number of aryl methyl sites for hydroxylation is 1. The highest BCUT2D eigenvalue weighted by Crippen LogP contribution is 2.29. The maximum absolute atomic E-state index is 6.01. The van der Waals surface area contributed by atoms with E-state index in [0.29, 0.717) is 12.0 Å². The smallest absolute Gasteiger partial charge is 0.0536 e. The third kappa shape index (κ3) is 3.51. The molecule has 100 valence electrons. The monoisotopic (exact) mass is 273 g/mol. The molecule has 0 aromatic heterocycles. The average molecular weight is 274 g/mol. The Kier molecular flexibility index (Phi) is 4.49. The van der Waals surface area contributed by atoms with Crippen molar-refractivity contribution in [3.63, 3.8) is 0 Å². The van der Waals surface area contributed by atoms with Crippen molar-refractivity contribution in [2.45, 2.75) is 26.8 Å². The number of halogens is 1. The minimum Gasteiger partial charge on any atom is -0.378 e. The first kappa shape index (κ1) is 14.0. The second kappa shape index (κ2) is 6.12. The van der Waals surface area contributed by atoms with Gasteiger partial charge in [0, 0.05) is 10.7 Å².